The van der Waals surface area contributed by atoms with Gasteiger partial charge in [0.15, 0.2) is 0 Å². The number of rotatable bonds is 7. The third-order valence-corrected chi connectivity index (χ3v) is 18.3. The van der Waals surface area contributed by atoms with Gasteiger partial charge in [-0.15, -0.1) is 0 Å². The molecule has 0 aromatic carbocycles. The van der Waals surface area contributed by atoms with E-state index in [-0.39, 0.29) is 63.7 Å². The molecule has 2 aliphatic heterocycles. The number of hydrogen-bond donors (Lipinski definition) is 1. The van der Waals surface area contributed by atoms with E-state index < -0.39 is 23.0 Å². The second-order valence-electron chi connectivity index (χ2n) is 23.2. The van der Waals surface area contributed by atoms with Gasteiger partial charge in [0.05, 0.1) is 23.9 Å². The molecule has 2 saturated heterocycles. The Morgan fingerprint density at radius 3 is 2.05 bits per heavy atom. The summed E-state index contributed by atoms with van der Waals surface area (Å²) < 4.78 is 11.9. The molecule has 3 unspecified atom stereocenters. The van der Waals surface area contributed by atoms with Crippen LogP contribution in [0.4, 0.5) is 4.79 Å². The Bertz CT molecular complexity index is 1650. The number of ether oxygens (including phenoxy) is 2. The van der Waals surface area contributed by atoms with Gasteiger partial charge in [-0.3, -0.25) is 14.4 Å². The highest BCUT2D eigenvalue weighted by Crippen LogP contribution is 2.78. The van der Waals surface area contributed by atoms with Gasteiger partial charge in [0.1, 0.15) is 11.7 Å². The molecule has 5 saturated carbocycles. The van der Waals surface area contributed by atoms with Gasteiger partial charge in [-0.1, -0.05) is 46.8 Å². The van der Waals surface area contributed by atoms with Crippen LogP contribution in [-0.2, 0) is 23.9 Å². The van der Waals surface area contributed by atoms with E-state index in [4.69, 9.17) is 9.47 Å². The number of aliphatic carboxylic acids is 1. The molecule has 1 N–H and O–H groups in total. The fourth-order valence-corrected chi connectivity index (χ4v) is 15.3. The van der Waals surface area contributed by atoms with Gasteiger partial charge in [0, 0.05) is 24.9 Å². The lowest BCUT2D eigenvalue weighted by Crippen LogP contribution is -2.67. The first-order valence-electron chi connectivity index (χ1n) is 22.2. The zero-order chi connectivity index (χ0) is 41.2. The molecule has 0 spiro atoms. The van der Waals surface area contributed by atoms with Gasteiger partial charge < -0.3 is 24.4 Å². The van der Waals surface area contributed by atoms with Crippen molar-refractivity contribution in [1.82, 2.24) is 9.80 Å². The number of hydrogen-bond acceptors (Lipinski definition) is 6. The molecule has 5 aliphatic carbocycles. The summed E-state index contributed by atoms with van der Waals surface area (Å²) in [6.07, 6.45) is 11.8. The molecule has 2 bridgehead atoms. The lowest BCUT2D eigenvalue weighted by molar-refractivity contribution is -0.250. The van der Waals surface area contributed by atoms with Crippen molar-refractivity contribution in [3.8, 4) is 0 Å². The van der Waals surface area contributed by atoms with Crippen LogP contribution in [0, 0.1) is 62.1 Å². The summed E-state index contributed by atoms with van der Waals surface area (Å²) in [7, 11) is 0. The number of carboxylic acids is 1. The first kappa shape index (κ1) is 41.6. The Labute approximate surface area is 337 Å². The molecule has 0 aromatic rings. The van der Waals surface area contributed by atoms with E-state index in [9.17, 15) is 24.3 Å². The Balaban J connectivity index is 1.09. The fourth-order valence-electron chi connectivity index (χ4n) is 15.3. The SMILES string of the molecule is C=C(C)[C@@H]1CC[C@]2(CC(=O)N3CC4CC3CN4C(=O)OC(C)(C)C)CC[C@]3(C)[C@H](CC[C@@H]4[C@@]5(C)CC[C@H](OC(=O)CC(C)(C)C(=O)O)C(C)(C)C5CC[C@]43C)[C@@H]12. The smallest absolute Gasteiger partial charge is 0.410 e. The molecule has 0 aromatic heterocycles. The average molecular weight is 779 g/mol. The monoisotopic (exact) mass is 779 g/mol. The minimum atomic E-state index is -1.16. The number of allylic oxidation sites excluding steroid dienone is 1. The van der Waals surface area contributed by atoms with E-state index in [1.54, 1.807) is 13.8 Å². The molecule has 2 heterocycles. The topological polar surface area (TPSA) is 113 Å². The van der Waals surface area contributed by atoms with E-state index in [0.717, 1.165) is 57.8 Å². The normalized spacial score (nSPS) is 42.6. The minimum Gasteiger partial charge on any atom is -0.481 e. The molecule has 7 fully saturated rings. The number of piperazine rings is 1. The summed E-state index contributed by atoms with van der Waals surface area (Å²) in [5.41, 5.74) is -0.218. The zero-order valence-electron chi connectivity index (χ0n) is 36.7. The lowest BCUT2D eigenvalue weighted by Gasteiger charge is -2.73. The molecule has 2 amide bonds. The van der Waals surface area contributed by atoms with Crippen LogP contribution >= 0.6 is 0 Å². The minimum absolute atomic E-state index is 0.0129. The standard InChI is InChI=1S/C47H74N2O7/c1-28(2)31-15-20-47(24-36(50)48-26-30-23-29(48)27-49(30)40(54)56-41(3,4)5)22-21-45(11)32(38(31)47)13-14-34-44(10)18-17-35(55-37(51)25-42(6,7)39(52)53)43(8,9)33(44)16-19-46(34,45)12/h29-35,38H,1,13-27H2,2-12H3,(H,52,53)/t29?,30?,31-,32+,33?,34+,35-,38+,44-,45+,46+,47+/m0/s1. The van der Waals surface area contributed by atoms with Crippen LogP contribution in [0.1, 0.15) is 160 Å². The van der Waals surface area contributed by atoms with Crippen molar-refractivity contribution in [2.24, 2.45) is 62.1 Å². The van der Waals surface area contributed by atoms with E-state index in [0.29, 0.717) is 49.1 Å². The summed E-state index contributed by atoms with van der Waals surface area (Å²) >= 11 is 0. The second-order valence-corrected chi connectivity index (χ2v) is 23.2. The van der Waals surface area contributed by atoms with Gasteiger partial charge in [-0.25, -0.2) is 4.79 Å². The van der Waals surface area contributed by atoms with Crippen LogP contribution in [0.3, 0.4) is 0 Å². The van der Waals surface area contributed by atoms with Crippen molar-refractivity contribution in [2.45, 2.75) is 183 Å². The highest BCUT2D eigenvalue weighted by atomic mass is 16.6. The first-order valence-corrected chi connectivity index (χ1v) is 22.2. The molecule has 12 atom stereocenters. The Hall–Kier alpha value is -2.58. The van der Waals surface area contributed by atoms with Crippen molar-refractivity contribution in [3.63, 3.8) is 0 Å². The molecule has 0 radical (unpaired) electrons. The molecule has 56 heavy (non-hydrogen) atoms. The quantitative estimate of drug-likeness (QED) is 0.202. The number of amides is 2. The molecule has 7 aliphatic rings. The fraction of sp³-hybridized carbons (Fsp3) is 0.872. The number of fused-ring (bicyclic) bond motifs is 9. The number of carbonyl (C=O) groups excluding carboxylic acids is 3. The maximum Gasteiger partial charge on any atom is 0.410 e. The van der Waals surface area contributed by atoms with Gasteiger partial charge in [-0.05, 0) is 163 Å². The van der Waals surface area contributed by atoms with Crippen molar-refractivity contribution < 1.29 is 33.8 Å². The van der Waals surface area contributed by atoms with Crippen molar-refractivity contribution in [2.75, 3.05) is 13.1 Å². The van der Waals surface area contributed by atoms with Crippen LogP contribution in [0.2, 0.25) is 0 Å². The molecule has 9 heteroatoms. The predicted molar refractivity (Wildman–Crippen MR) is 216 cm³/mol. The predicted octanol–water partition coefficient (Wildman–Crippen LogP) is 9.67. The molecular weight excluding hydrogens is 705 g/mol. The maximum atomic E-state index is 14.5. The summed E-state index contributed by atoms with van der Waals surface area (Å²) in [5, 5.41) is 9.64. The molecule has 9 nitrogen and oxygen atoms in total. The van der Waals surface area contributed by atoms with Crippen LogP contribution in [-0.4, -0.2) is 75.7 Å². The van der Waals surface area contributed by atoms with E-state index >= 15 is 0 Å². The van der Waals surface area contributed by atoms with E-state index in [1.165, 1.54) is 18.4 Å². The van der Waals surface area contributed by atoms with Gasteiger partial charge in [0.2, 0.25) is 5.91 Å². The van der Waals surface area contributed by atoms with Gasteiger partial charge in [-0.2, -0.15) is 0 Å². The highest BCUT2D eigenvalue weighted by Gasteiger charge is 2.71. The van der Waals surface area contributed by atoms with Crippen LogP contribution in [0.5, 0.6) is 0 Å². The molecule has 314 valence electrons. The highest BCUT2D eigenvalue weighted by molar-refractivity contribution is 5.81. The van der Waals surface area contributed by atoms with Crippen LogP contribution in [0.15, 0.2) is 12.2 Å². The summed E-state index contributed by atoms with van der Waals surface area (Å²) in [6, 6.07) is 0.114. The zero-order valence-corrected chi connectivity index (χ0v) is 36.7. The number of esters is 1. The third-order valence-electron chi connectivity index (χ3n) is 18.3. The summed E-state index contributed by atoms with van der Waals surface area (Å²) in [4.78, 5) is 56.4. The number of likely N-dealkylation sites (tertiary alicyclic amines) is 2. The second kappa shape index (κ2) is 13.5. The third kappa shape index (κ3) is 6.36. The van der Waals surface area contributed by atoms with Crippen molar-refractivity contribution in [1.29, 1.82) is 0 Å². The maximum absolute atomic E-state index is 14.5. The number of carboxylic acid groups (broad SMARTS) is 1. The Kier molecular flexibility index (Phi) is 10.0. The average Bonchev–Trinajstić information content (AvgIpc) is 3.79. The van der Waals surface area contributed by atoms with E-state index in [2.05, 4.69) is 53.0 Å². The number of carbonyl (C=O) groups is 4. The largest absolute Gasteiger partial charge is 0.481 e. The van der Waals surface area contributed by atoms with Crippen molar-refractivity contribution >= 4 is 23.9 Å². The first-order chi connectivity index (χ1) is 25.8. The van der Waals surface area contributed by atoms with Gasteiger partial charge in [0.25, 0.3) is 0 Å². The van der Waals surface area contributed by atoms with Crippen LogP contribution in [0.25, 0.3) is 0 Å². The molecule has 7 rings (SSSR count). The van der Waals surface area contributed by atoms with Crippen LogP contribution < -0.4 is 0 Å². The number of nitrogens with zero attached hydrogens (tertiary/aromatic N) is 2. The van der Waals surface area contributed by atoms with Crippen molar-refractivity contribution in [3.05, 3.63) is 12.2 Å². The van der Waals surface area contributed by atoms with Gasteiger partial charge >= 0.3 is 18.0 Å². The van der Waals surface area contributed by atoms with E-state index in [1.807, 2.05) is 25.7 Å². The Morgan fingerprint density at radius 1 is 0.786 bits per heavy atom. The Morgan fingerprint density at radius 2 is 1.45 bits per heavy atom. The molecular formula is C47H74N2O7. The summed E-state index contributed by atoms with van der Waals surface area (Å²) in [6.45, 7) is 29.3. The lowest BCUT2D eigenvalue weighted by atomic mass is 9.32. The summed E-state index contributed by atoms with van der Waals surface area (Å²) in [5.74, 6) is 1.30.